The standard InChI is InChI=1S/C7H6ClN5O/c1-14-11-4-5-6(12-13-9)2-3-10-7(5)8/h2-4H,1H3. The average Bonchev–Trinajstić information content (AvgIpc) is 2.18. The fourth-order valence-electron chi connectivity index (χ4n) is 0.799. The zero-order chi connectivity index (χ0) is 10.4. The number of pyridine rings is 1. The van der Waals surface area contributed by atoms with E-state index in [9.17, 15) is 0 Å². The van der Waals surface area contributed by atoms with Crippen LogP contribution in [-0.4, -0.2) is 18.3 Å². The first-order valence-electron chi connectivity index (χ1n) is 3.55. The smallest absolute Gasteiger partial charge is 0.138 e. The van der Waals surface area contributed by atoms with Crippen molar-refractivity contribution in [3.8, 4) is 0 Å². The Hall–Kier alpha value is -1.78. The van der Waals surface area contributed by atoms with Crippen molar-refractivity contribution in [3.63, 3.8) is 0 Å². The summed E-state index contributed by atoms with van der Waals surface area (Å²) < 4.78 is 0. The molecule has 0 amide bonds. The van der Waals surface area contributed by atoms with Crippen molar-refractivity contribution >= 4 is 23.5 Å². The Morgan fingerprint density at radius 1 is 1.71 bits per heavy atom. The maximum Gasteiger partial charge on any atom is 0.138 e. The van der Waals surface area contributed by atoms with Gasteiger partial charge in [0.2, 0.25) is 0 Å². The number of aromatic nitrogens is 1. The molecule has 0 aliphatic heterocycles. The summed E-state index contributed by atoms with van der Waals surface area (Å²) in [7, 11) is 1.40. The van der Waals surface area contributed by atoms with E-state index in [0.717, 1.165) is 0 Å². The van der Waals surface area contributed by atoms with Gasteiger partial charge in [-0.15, -0.1) is 0 Å². The summed E-state index contributed by atoms with van der Waals surface area (Å²) in [5.74, 6) is 0. The maximum absolute atomic E-state index is 8.28. The second-order valence-corrected chi connectivity index (χ2v) is 2.50. The van der Waals surface area contributed by atoms with Crippen LogP contribution in [0.4, 0.5) is 5.69 Å². The van der Waals surface area contributed by atoms with Gasteiger partial charge in [-0.3, -0.25) is 0 Å². The van der Waals surface area contributed by atoms with Crippen molar-refractivity contribution in [1.29, 1.82) is 0 Å². The molecular formula is C7H6ClN5O. The van der Waals surface area contributed by atoms with Gasteiger partial charge >= 0.3 is 0 Å². The molecule has 0 unspecified atom stereocenters. The molecule has 0 fully saturated rings. The van der Waals surface area contributed by atoms with Crippen LogP contribution in [0.5, 0.6) is 0 Å². The van der Waals surface area contributed by atoms with Gasteiger partial charge in [0.25, 0.3) is 0 Å². The fraction of sp³-hybridized carbons (Fsp3) is 0.143. The second kappa shape index (κ2) is 5.06. The first kappa shape index (κ1) is 10.3. The zero-order valence-corrected chi connectivity index (χ0v) is 8.01. The van der Waals surface area contributed by atoms with E-state index in [4.69, 9.17) is 17.1 Å². The quantitative estimate of drug-likeness (QED) is 0.192. The Kier molecular flexibility index (Phi) is 3.72. The van der Waals surface area contributed by atoms with Gasteiger partial charge in [-0.05, 0) is 11.6 Å². The van der Waals surface area contributed by atoms with E-state index < -0.39 is 0 Å². The summed E-state index contributed by atoms with van der Waals surface area (Å²) in [5, 5.41) is 7.15. The number of azide groups is 1. The Balaban J connectivity index is 3.21. The van der Waals surface area contributed by atoms with Crippen LogP contribution >= 0.6 is 11.6 Å². The first-order chi connectivity index (χ1) is 6.79. The van der Waals surface area contributed by atoms with Crippen molar-refractivity contribution in [3.05, 3.63) is 33.4 Å². The molecule has 0 bridgehead atoms. The summed E-state index contributed by atoms with van der Waals surface area (Å²) in [6.45, 7) is 0. The van der Waals surface area contributed by atoms with E-state index in [1.54, 1.807) is 0 Å². The predicted molar refractivity (Wildman–Crippen MR) is 52.7 cm³/mol. The van der Waals surface area contributed by atoms with Gasteiger partial charge in [0.1, 0.15) is 12.3 Å². The molecule has 72 valence electrons. The minimum absolute atomic E-state index is 0.204. The SMILES string of the molecule is CON=Cc1c(N=[N+]=[N-])ccnc1Cl. The molecule has 0 spiro atoms. The van der Waals surface area contributed by atoms with Gasteiger partial charge in [0, 0.05) is 16.7 Å². The van der Waals surface area contributed by atoms with E-state index in [-0.39, 0.29) is 5.15 Å². The zero-order valence-electron chi connectivity index (χ0n) is 7.25. The number of oxime groups is 1. The minimum Gasteiger partial charge on any atom is -0.399 e. The highest BCUT2D eigenvalue weighted by Gasteiger charge is 2.03. The van der Waals surface area contributed by atoms with E-state index in [1.165, 1.54) is 25.6 Å². The van der Waals surface area contributed by atoms with E-state index in [1.807, 2.05) is 0 Å². The molecule has 0 saturated heterocycles. The number of hydrogen-bond donors (Lipinski definition) is 0. The largest absolute Gasteiger partial charge is 0.399 e. The topological polar surface area (TPSA) is 83.2 Å². The van der Waals surface area contributed by atoms with Gasteiger partial charge in [-0.25, -0.2) is 4.98 Å². The third kappa shape index (κ3) is 2.35. The van der Waals surface area contributed by atoms with Gasteiger partial charge in [0.15, 0.2) is 0 Å². The van der Waals surface area contributed by atoms with Crippen LogP contribution in [0.2, 0.25) is 5.15 Å². The van der Waals surface area contributed by atoms with Crippen molar-refractivity contribution in [2.24, 2.45) is 10.3 Å². The molecule has 6 nitrogen and oxygen atoms in total. The molecule has 7 heteroatoms. The molecule has 1 aromatic rings. The number of halogens is 1. The van der Waals surface area contributed by atoms with Gasteiger partial charge in [0.05, 0.1) is 11.9 Å². The molecule has 0 aromatic carbocycles. The van der Waals surface area contributed by atoms with Crippen LogP contribution in [0.25, 0.3) is 10.4 Å². The van der Waals surface area contributed by atoms with Crippen molar-refractivity contribution in [2.45, 2.75) is 0 Å². The Bertz CT molecular complexity index is 399. The molecular weight excluding hydrogens is 206 g/mol. The summed E-state index contributed by atoms with van der Waals surface area (Å²) in [4.78, 5) is 10.9. The van der Waals surface area contributed by atoms with Gasteiger partial charge < -0.3 is 4.84 Å². The van der Waals surface area contributed by atoms with Gasteiger partial charge in [-0.2, -0.15) is 0 Å². The predicted octanol–water partition coefficient (Wildman–Crippen LogP) is 2.66. The third-order valence-corrected chi connectivity index (χ3v) is 1.66. The molecule has 0 atom stereocenters. The lowest BCUT2D eigenvalue weighted by atomic mass is 10.2. The molecule has 1 aromatic heterocycles. The molecule has 0 saturated carbocycles. The number of rotatable bonds is 3. The van der Waals surface area contributed by atoms with E-state index in [2.05, 4.69) is 25.0 Å². The first-order valence-corrected chi connectivity index (χ1v) is 3.93. The Morgan fingerprint density at radius 3 is 3.14 bits per heavy atom. The van der Waals surface area contributed by atoms with Crippen molar-refractivity contribution < 1.29 is 4.84 Å². The van der Waals surface area contributed by atoms with Crippen LogP contribution in [0.15, 0.2) is 22.5 Å². The highest BCUT2D eigenvalue weighted by atomic mass is 35.5. The Morgan fingerprint density at radius 2 is 2.50 bits per heavy atom. The van der Waals surface area contributed by atoms with Crippen molar-refractivity contribution in [2.75, 3.05) is 7.11 Å². The van der Waals surface area contributed by atoms with E-state index >= 15 is 0 Å². The second-order valence-electron chi connectivity index (χ2n) is 2.14. The lowest BCUT2D eigenvalue weighted by molar-refractivity contribution is 0.215. The lowest BCUT2D eigenvalue weighted by Gasteiger charge is -1.99. The average molecular weight is 212 g/mol. The van der Waals surface area contributed by atoms with Crippen molar-refractivity contribution in [1.82, 2.24) is 4.98 Å². The van der Waals surface area contributed by atoms with Gasteiger partial charge in [-0.1, -0.05) is 21.9 Å². The molecule has 0 aliphatic carbocycles. The van der Waals surface area contributed by atoms with Crippen LogP contribution in [0, 0.1) is 0 Å². The molecule has 1 rings (SSSR count). The van der Waals surface area contributed by atoms with Crippen LogP contribution in [0.1, 0.15) is 5.56 Å². The highest BCUT2D eigenvalue weighted by Crippen LogP contribution is 2.22. The maximum atomic E-state index is 8.28. The molecule has 1 heterocycles. The lowest BCUT2D eigenvalue weighted by Crippen LogP contribution is -1.87. The number of hydrogen-bond acceptors (Lipinski definition) is 4. The fourth-order valence-corrected chi connectivity index (χ4v) is 1.00. The third-order valence-electron chi connectivity index (χ3n) is 1.36. The molecule has 0 radical (unpaired) electrons. The van der Waals surface area contributed by atoms with Crippen LogP contribution < -0.4 is 0 Å². The number of nitrogens with zero attached hydrogens (tertiary/aromatic N) is 5. The summed E-state index contributed by atoms with van der Waals surface area (Å²) in [5.41, 5.74) is 9.06. The summed E-state index contributed by atoms with van der Waals surface area (Å²) >= 11 is 5.76. The van der Waals surface area contributed by atoms with E-state index in [0.29, 0.717) is 11.3 Å². The molecule has 0 N–H and O–H groups in total. The monoisotopic (exact) mass is 211 g/mol. The molecule has 0 aliphatic rings. The normalized spacial score (nSPS) is 9.86. The van der Waals surface area contributed by atoms with Crippen LogP contribution in [0.3, 0.4) is 0 Å². The summed E-state index contributed by atoms with van der Waals surface area (Å²) in [6.07, 6.45) is 2.77. The highest BCUT2D eigenvalue weighted by molar-refractivity contribution is 6.32. The molecule has 14 heavy (non-hydrogen) atoms. The minimum atomic E-state index is 0.204. The Labute approximate surface area is 84.8 Å². The van der Waals surface area contributed by atoms with Crippen LogP contribution in [-0.2, 0) is 4.84 Å². The summed E-state index contributed by atoms with van der Waals surface area (Å²) in [6, 6.07) is 1.53.